The van der Waals surface area contributed by atoms with Crippen molar-refractivity contribution < 1.29 is 4.79 Å². The Bertz CT molecular complexity index is 175. The van der Waals surface area contributed by atoms with Crippen LogP contribution in [0.3, 0.4) is 0 Å². The normalized spacial score (nSPS) is 17.6. The van der Waals surface area contributed by atoms with Crippen molar-refractivity contribution in [3.63, 3.8) is 0 Å². The molecule has 0 unspecified atom stereocenters. The molecule has 0 saturated heterocycles. The highest BCUT2D eigenvalue weighted by atomic mass is 16.1. The first kappa shape index (κ1) is 8.27. The average molecular weight is 154 g/mol. The molecule has 0 aromatic rings. The zero-order chi connectivity index (χ0) is 8.10. The molecule has 0 aliphatic carbocycles. The fraction of sp³-hybridized carbons (Fsp3) is 0.625. The first-order chi connectivity index (χ1) is 5.29. The lowest BCUT2D eigenvalue weighted by molar-refractivity contribution is -0.117. The van der Waals surface area contributed by atoms with Gasteiger partial charge in [0.15, 0.2) is 0 Å². The molecule has 3 heteroatoms. The molecule has 3 N–H and O–H groups in total. The molecule has 1 amide bonds. The number of amides is 1. The van der Waals surface area contributed by atoms with Gasteiger partial charge in [-0.25, -0.2) is 0 Å². The second-order valence-corrected chi connectivity index (χ2v) is 2.79. The van der Waals surface area contributed by atoms with Crippen LogP contribution in [0.5, 0.6) is 0 Å². The topological polar surface area (TPSA) is 55.1 Å². The summed E-state index contributed by atoms with van der Waals surface area (Å²) in [5, 5.41) is 3.24. The maximum Gasteiger partial charge on any atom is 0.217 e. The van der Waals surface area contributed by atoms with Crippen molar-refractivity contribution in [3.05, 3.63) is 11.6 Å². The molecule has 0 saturated carbocycles. The van der Waals surface area contributed by atoms with Crippen LogP contribution >= 0.6 is 0 Å². The summed E-state index contributed by atoms with van der Waals surface area (Å²) in [6.07, 6.45) is 4.57. The Morgan fingerprint density at radius 1 is 1.73 bits per heavy atom. The van der Waals surface area contributed by atoms with Crippen LogP contribution in [0, 0.1) is 0 Å². The summed E-state index contributed by atoms with van der Waals surface area (Å²) in [6, 6.07) is 0. The van der Waals surface area contributed by atoms with Crippen molar-refractivity contribution in [2.45, 2.75) is 19.3 Å². The molecule has 1 aliphatic rings. The van der Waals surface area contributed by atoms with Crippen LogP contribution in [-0.4, -0.2) is 19.0 Å². The molecule has 3 nitrogen and oxygen atoms in total. The number of nitrogens with one attached hydrogen (secondary N) is 1. The van der Waals surface area contributed by atoms with Gasteiger partial charge in [-0.05, 0) is 19.4 Å². The van der Waals surface area contributed by atoms with Gasteiger partial charge in [0.1, 0.15) is 0 Å². The molecule has 0 aromatic carbocycles. The Labute approximate surface area is 66.6 Å². The fourth-order valence-electron chi connectivity index (χ4n) is 1.17. The second-order valence-electron chi connectivity index (χ2n) is 2.79. The van der Waals surface area contributed by atoms with E-state index in [0.29, 0.717) is 6.42 Å². The number of carbonyl (C=O) groups is 1. The molecule has 1 heterocycles. The molecular formula is C8H14N2O. The van der Waals surface area contributed by atoms with E-state index in [1.165, 1.54) is 5.57 Å². The van der Waals surface area contributed by atoms with Gasteiger partial charge in [0.05, 0.1) is 0 Å². The van der Waals surface area contributed by atoms with Gasteiger partial charge in [0, 0.05) is 13.0 Å². The molecule has 1 aliphatic heterocycles. The minimum atomic E-state index is -0.212. The third-order valence-electron chi connectivity index (χ3n) is 1.80. The van der Waals surface area contributed by atoms with Crippen molar-refractivity contribution in [3.8, 4) is 0 Å². The Hall–Kier alpha value is -0.830. The van der Waals surface area contributed by atoms with E-state index in [0.717, 1.165) is 25.9 Å². The summed E-state index contributed by atoms with van der Waals surface area (Å²) in [7, 11) is 0. The Morgan fingerprint density at radius 3 is 3.09 bits per heavy atom. The van der Waals surface area contributed by atoms with E-state index in [2.05, 4.69) is 11.4 Å². The molecule has 0 radical (unpaired) electrons. The summed E-state index contributed by atoms with van der Waals surface area (Å²) in [5.74, 6) is -0.212. The van der Waals surface area contributed by atoms with Gasteiger partial charge in [-0.2, -0.15) is 0 Å². The summed E-state index contributed by atoms with van der Waals surface area (Å²) in [5.41, 5.74) is 6.34. The first-order valence-corrected chi connectivity index (χ1v) is 3.96. The van der Waals surface area contributed by atoms with E-state index < -0.39 is 0 Å². The lowest BCUT2D eigenvalue weighted by Gasteiger charge is -2.12. The lowest BCUT2D eigenvalue weighted by Crippen LogP contribution is -2.23. The number of carbonyl (C=O) groups excluding carboxylic acids is 1. The predicted molar refractivity (Wildman–Crippen MR) is 44.0 cm³/mol. The number of rotatable bonds is 3. The molecule has 0 atom stereocenters. The van der Waals surface area contributed by atoms with Gasteiger partial charge in [-0.15, -0.1) is 0 Å². The highest BCUT2D eigenvalue weighted by Crippen LogP contribution is 2.07. The fourth-order valence-corrected chi connectivity index (χ4v) is 1.17. The number of hydrogen-bond acceptors (Lipinski definition) is 2. The predicted octanol–water partition coefficient (Wildman–Crippen LogP) is 0.172. The van der Waals surface area contributed by atoms with E-state index in [9.17, 15) is 4.79 Å². The van der Waals surface area contributed by atoms with E-state index in [1.807, 2.05) is 0 Å². The van der Waals surface area contributed by atoms with Crippen LogP contribution in [0.25, 0.3) is 0 Å². The molecule has 62 valence electrons. The van der Waals surface area contributed by atoms with Gasteiger partial charge in [0.2, 0.25) is 5.91 Å². The summed E-state index contributed by atoms with van der Waals surface area (Å²) >= 11 is 0. The quantitative estimate of drug-likeness (QED) is 0.569. The monoisotopic (exact) mass is 154 g/mol. The van der Waals surface area contributed by atoms with Crippen LogP contribution in [0.15, 0.2) is 11.6 Å². The molecule has 0 fully saturated rings. The maximum atomic E-state index is 10.4. The zero-order valence-corrected chi connectivity index (χ0v) is 6.60. The van der Waals surface area contributed by atoms with Gasteiger partial charge in [-0.3, -0.25) is 4.79 Å². The number of hydrogen-bond donors (Lipinski definition) is 2. The standard InChI is InChI=1S/C8H14N2O/c9-8(11)4-3-7-2-1-5-10-6-7/h2,10H,1,3-6H2,(H2,9,11). The minimum absolute atomic E-state index is 0.212. The summed E-state index contributed by atoms with van der Waals surface area (Å²) in [6.45, 7) is 1.98. The maximum absolute atomic E-state index is 10.4. The van der Waals surface area contributed by atoms with Crippen molar-refractivity contribution in [2.75, 3.05) is 13.1 Å². The van der Waals surface area contributed by atoms with E-state index in [1.54, 1.807) is 0 Å². The van der Waals surface area contributed by atoms with Crippen molar-refractivity contribution in [1.82, 2.24) is 5.32 Å². The van der Waals surface area contributed by atoms with Crippen LogP contribution in [0.4, 0.5) is 0 Å². The second kappa shape index (κ2) is 4.13. The molecule has 1 rings (SSSR count). The van der Waals surface area contributed by atoms with Gasteiger partial charge >= 0.3 is 0 Å². The zero-order valence-electron chi connectivity index (χ0n) is 6.60. The molecule has 11 heavy (non-hydrogen) atoms. The largest absolute Gasteiger partial charge is 0.370 e. The Balaban J connectivity index is 2.24. The summed E-state index contributed by atoms with van der Waals surface area (Å²) in [4.78, 5) is 10.4. The average Bonchev–Trinajstić information content (AvgIpc) is 2.03. The first-order valence-electron chi connectivity index (χ1n) is 3.96. The lowest BCUT2D eigenvalue weighted by atomic mass is 10.1. The Morgan fingerprint density at radius 2 is 2.55 bits per heavy atom. The van der Waals surface area contributed by atoms with Crippen molar-refractivity contribution >= 4 is 5.91 Å². The van der Waals surface area contributed by atoms with Gasteiger partial charge in [0.25, 0.3) is 0 Å². The smallest absolute Gasteiger partial charge is 0.217 e. The van der Waals surface area contributed by atoms with Gasteiger partial charge in [-0.1, -0.05) is 11.6 Å². The molecular weight excluding hydrogens is 140 g/mol. The molecule has 0 bridgehead atoms. The third-order valence-corrected chi connectivity index (χ3v) is 1.80. The van der Waals surface area contributed by atoms with E-state index >= 15 is 0 Å². The van der Waals surface area contributed by atoms with Crippen LogP contribution in [0.1, 0.15) is 19.3 Å². The van der Waals surface area contributed by atoms with Crippen molar-refractivity contribution in [1.29, 1.82) is 0 Å². The van der Waals surface area contributed by atoms with Gasteiger partial charge < -0.3 is 11.1 Å². The SMILES string of the molecule is NC(=O)CCC1=CCCNC1. The highest BCUT2D eigenvalue weighted by Gasteiger charge is 2.03. The Kier molecular flexibility index (Phi) is 3.11. The minimum Gasteiger partial charge on any atom is -0.370 e. The summed E-state index contributed by atoms with van der Waals surface area (Å²) < 4.78 is 0. The van der Waals surface area contributed by atoms with Crippen LogP contribution in [-0.2, 0) is 4.79 Å². The van der Waals surface area contributed by atoms with E-state index in [4.69, 9.17) is 5.73 Å². The molecule has 0 aromatic heterocycles. The van der Waals surface area contributed by atoms with E-state index in [-0.39, 0.29) is 5.91 Å². The molecule has 0 spiro atoms. The van der Waals surface area contributed by atoms with Crippen molar-refractivity contribution in [2.24, 2.45) is 5.73 Å². The highest BCUT2D eigenvalue weighted by molar-refractivity contribution is 5.73. The number of nitrogens with two attached hydrogens (primary N) is 1. The van der Waals surface area contributed by atoms with Crippen LogP contribution in [0.2, 0.25) is 0 Å². The van der Waals surface area contributed by atoms with Crippen LogP contribution < -0.4 is 11.1 Å². The number of primary amides is 1. The third kappa shape index (κ3) is 3.18.